The largest absolute Gasteiger partial charge is 0.309 e. The van der Waals surface area contributed by atoms with E-state index < -0.39 is 0 Å². The van der Waals surface area contributed by atoms with Gasteiger partial charge in [-0.15, -0.1) is 0 Å². The zero-order valence-electron chi connectivity index (χ0n) is 10.6. The van der Waals surface area contributed by atoms with E-state index in [0.717, 1.165) is 18.5 Å². The number of rotatable bonds is 2. The summed E-state index contributed by atoms with van der Waals surface area (Å²) in [6, 6.07) is 1.90. The maximum Gasteiger partial charge on any atom is 0.229 e. The van der Waals surface area contributed by atoms with Gasteiger partial charge in [-0.05, 0) is 12.8 Å². The highest BCUT2D eigenvalue weighted by molar-refractivity contribution is 5.92. The van der Waals surface area contributed by atoms with Gasteiger partial charge < -0.3 is 5.32 Å². The summed E-state index contributed by atoms with van der Waals surface area (Å²) in [7, 11) is 0. The molecule has 1 aromatic heterocycles. The molecule has 0 aliphatic heterocycles. The highest BCUT2D eigenvalue weighted by Gasteiger charge is 2.21. The third-order valence-corrected chi connectivity index (χ3v) is 3.02. The molecule has 2 rings (SSSR count). The number of hydrogen-bond donors (Lipinski definition) is 2. The van der Waals surface area contributed by atoms with E-state index in [1.807, 2.05) is 6.07 Å². The second-order valence-electron chi connectivity index (χ2n) is 5.55. The summed E-state index contributed by atoms with van der Waals surface area (Å²) in [5.41, 5.74) is 1.04. The minimum absolute atomic E-state index is 0.0187. The van der Waals surface area contributed by atoms with Crippen LogP contribution in [0.1, 0.15) is 39.3 Å². The number of amides is 1. The average Bonchev–Trinajstić information content (AvgIpc) is 2.85. The van der Waals surface area contributed by atoms with Gasteiger partial charge in [0.25, 0.3) is 0 Å². The minimum Gasteiger partial charge on any atom is -0.309 e. The van der Waals surface area contributed by atoms with Crippen LogP contribution in [-0.4, -0.2) is 16.1 Å². The molecule has 0 saturated carbocycles. The van der Waals surface area contributed by atoms with Crippen LogP contribution in [0.2, 0.25) is 0 Å². The molecule has 1 aliphatic carbocycles. The fourth-order valence-electron chi connectivity index (χ4n) is 1.83. The lowest BCUT2D eigenvalue weighted by Gasteiger charge is -2.14. The zero-order valence-corrected chi connectivity index (χ0v) is 10.6. The second-order valence-corrected chi connectivity index (χ2v) is 5.55. The first-order chi connectivity index (χ1) is 7.97. The smallest absolute Gasteiger partial charge is 0.229 e. The van der Waals surface area contributed by atoms with Crippen molar-refractivity contribution in [3.63, 3.8) is 0 Å². The average molecular weight is 233 g/mol. The van der Waals surface area contributed by atoms with E-state index in [2.05, 4.69) is 48.4 Å². The molecule has 0 saturated heterocycles. The van der Waals surface area contributed by atoms with Crippen LogP contribution in [0.4, 0.5) is 5.82 Å². The van der Waals surface area contributed by atoms with Crippen LogP contribution in [0.15, 0.2) is 18.2 Å². The summed E-state index contributed by atoms with van der Waals surface area (Å²) in [5.74, 6) is 0.749. The van der Waals surface area contributed by atoms with Crippen LogP contribution in [0, 0.1) is 5.92 Å². The minimum atomic E-state index is 0.0187. The number of H-pyrrole nitrogens is 1. The zero-order chi connectivity index (χ0) is 12.5. The van der Waals surface area contributed by atoms with Gasteiger partial charge >= 0.3 is 0 Å². The van der Waals surface area contributed by atoms with Gasteiger partial charge in [0.2, 0.25) is 5.91 Å². The summed E-state index contributed by atoms with van der Waals surface area (Å²) in [6.45, 7) is 6.31. The van der Waals surface area contributed by atoms with Crippen LogP contribution in [-0.2, 0) is 10.2 Å². The Bertz CT molecular complexity index is 432. The van der Waals surface area contributed by atoms with Gasteiger partial charge in [0, 0.05) is 23.1 Å². The first-order valence-corrected chi connectivity index (χ1v) is 5.98. The quantitative estimate of drug-likeness (QED) is 0.771. The lowest BCUT2D eigenvalue weighted by Crippen LogP contribution is -2.20. The third-order valence-electron chi connectivity index (χ3n) is 3.02. The Morgan fingerprint density at radius 1 is 1.41 bits per heavy atom. The number of carbonyl (C=O) groups excluding carboxylic acids is 1. The van der Waals surface area contributed by atoms with Gasteiger partial charge in [-0.25, -0.2) is 0 Å². The number of nitrogens with one attached hydrogen (secondary N) is 2. The normalized spacial score (nSPS) is 16.4. The molecular weight excluding hydrogens is 214 g/mol. The molecule has 2 N–H and O–H groups in total. The van der Waals surface area contributed by atoms with Crippen molar-refractivity contribution < 1.29 is 4.79 Å². The number of hydrogen-bond acceptors (Lipinski definition) is 2. The Morgan fingerprint density at radius 3 is 2.59 bits per heavy atom. The van der Waals surface area contributed by atoms with Gasteiger partial charge in [-0.2, -0.15) is 5.10 Å². The molecule has 1 aliphatic rings. The molecule has 0 radical (unpaired) electrons. The van der Waals surface area contributed by atoms with Gasteiger partial charge in [0.15, 0.2) is 5.82 Å². The SMILES string of the molecule is CC(C)(C)c1cc(NC(=O)C2CC=CC2)n[nH]1. The molecule has 1 aromatic rings. The second kappa shape index (κ2) is 4.35. The van der Waals surface area contributed by atoms with Crippen LogP contribution in [0.3, 0.4) is 0 Å². The van der Waals surface area contributed by atoms with Gasteiger partial charge in [-0.3, -0.25) is 9.89 Å². The van der Waals surface area contributed by atoms with Gasteiger partial charge in [0.05, 0.1) is 0 Å². The first-order valence-electron chi connectivity index (χ1n) is 5.98. The highest BCUT2D eigenvalue weighted by Crippen LogP contribution is 2.23. The van der Waals surface area contributed by atoms with Gasteiger partial charge in [0.1, 0.15) is 0 Å². The molecule has 1 amide bonds. The van der Waals surface area contributed by atoms with E-state index >= 15 is 0 Å². The van der Waals surface area contributed by atoms with Crippen molar-refractivity contribution in [3.05, 3.63) is 23.9 Å². The summed E-state index contributed by atoms with van der Waals surface area (Å²) >= 11 is 0. The van der Waals surface area contributed by atoms with Crippen LogP contribution < -0.4 is 5.32 Å². The molecule has 4 nitrogen and oxygen atoms in total. The van der Waals surface area contributed by atoms with Crippen LogP contribution in [0.5, 0.6) is 0 Å². The van der Waals surface area contributed by atoms with E-state index in [9.17, 15) is 4.79 Å². The maximum absolute atomic E-state index is 11.9. The molecule has 17 heavy (non-hydrogen) atoms. The van der Waals surface area contributed by atoms with E-state index in [0.29, 0.717) is 5.82 Å². The Balaban J connectivity index is 1.99. The van der Waals surface area contributed by atoms with E-state index in [1.54, 1.807) is 0 Å². The predicted molar refractivity (Wildman–Crippen MR) is 67.8 cm³/mol. The summed E-state index contributed by atoms with van der Waals surface area (Å²) in [5, 5.41) is 9.93. The van der Waals surface area contributed by atoms with Crippen molar-refractivity contribution in [2.24, 2.45) is 5.92 Å². The van der Waals surface area contributed by atoms with Crippen molar-refractivity contribution in [2.45, 2.75) is 39.0 Å². The Morgan fingerprint density at radius 2 is 2.06 bits per heavy atom. The molecule has 4 heteroatoms. The third kappa shape index (κ3) is 2.75. The lowest BCUT2D eigenvalue weighted by atomic mass is 9.92. The number of carbonyl (C=O) groups is 1. The summed E-state index contributed by atoms with van der Waals surface area (Å²) < 4.78 is 0. The highest BCUT2D eigenvalue weighted by atomic mass is 16.1. The molecule has 0 aromatic carbocycles. The first kappa shape index (κ1) is 11.9. The number of nitrogens with zero attached hydrogens (tertiary/aromatic N) is 1. The van der Waals surface area contributed by atoms with Crippen LogP contribution >= 0.6 is 0 Å². The molecule has 0 atom stereocenters. The molecule has 0 fully saturated rings. The molecule has 1 heterocycles. The Kier molecular flexibility index (Phi) is 3.05. The number of aromatic nitrogens is 2. The maximum atomic E-state index is 11.9. The Labute approximate surface area is 101 Å². The van der Waals surface area contributed by atoms with Crippen molar-refractivity contribution >= 4 is 11.7 Å². The van der Waals surface area contributed by atoms with E-state index in [4.69, 9.17) is 0 Å². The monoisotopic (exact) mass is 233 g/mol. The van der Waals surface area contributed by atoms with E-state index in [-0.39, 0.29) is 17.2 Å². The summed E-state index contributed by atoms with van der Waals surface area (Å²) in [6.07, 6.45) is 5.77. The number of anilines is 1. The molecule has 0 unspecified atom stereocenters. The standard InChI is InChI=1S/C13H19N3O/c1-13(2,3)10-8-11(16-15-10)14-12(17)9-6-4-5-7-9/h4-5,8-9H,6-7H2,1-3H3,(H2,14,15,16,17). The fraction of sp³-hybridized carbons (Fsp3) is 0.538. The molecule has 92 valence electrons. The molecular formula is C13H19N3O. The van der Waals surface area contributed by atoms with Crippen molar-refractivity contribution in [1.29, 1.82) is 0 Å². The van der Waals surface area contributed by atoms with Crippen LogP contribution in [0.25, 0.3) is 0 Å². The predicted octanol–water partition coefficient (Wildman–Crippen LogP) is 2.61. The van der Waals surface area contributed by atoms with Crippen molar-refractivity contribution in [3.8, 4) is 0 Å². The summed E-state index contributed by atoms with van der Waals surface area (Å²) in [4.78, 5) is 11.9. The molecule has 0 bridgehead atoms. The van der Waals surface area contributed by atoms with Gasteiger partial charge in [-0.1, -0.05) is 32.9 Å². The van der Waals surface area contributed by atoms with Crippen molar-refractivity contribution in [1.82, 2.24) is 10.2 Å². The number of allylic oxidation sites excluding steroid dienone is 2. The topological polar surface area (TPSA) is 57.8 Å². The fourth-order valence-corrected chi connectivity index (χ4v) is 1.83. The lowest BCUT2D eigenvalue weighted by molar-refractivity contribution is -0.119. The Hall–Kier alpha value is -1.58. The van der Waals surface area contributed by atoms with E-state index in [1.165, 1.54) is 0 Å². The van der Waals surface area contributed by atoms with Crippen molar-refractivity contribution in [2.75, 3.05) is 5.32 Å². The number of aromatic amines is 1. The molecule has 0 spiro atoms.